The number of allylic oxidation sites excluding steroid dienone is 2. The molecule has 0 radical (unpaired) electrons. The SMILES string of the molecule is CC1=C(CC(=O)OCCN2CCOCC2)c2cc(F)ccc2/C1=C\c1ccc(S(C)=O)cc1. The molecule has 2 aliphatic rings. The van der Waals surface area contributed by atoms with E-state index in [4.69, 9.17) is 9.47 Å². The zero-order valence-corrected chi connectivity index (χ0v) is 19.8. The van der Waals surface area contributed by atoms with Crippen molar-refractivity contribution in [3.63, 3.8) is 0 Å². The standard InChI is InChI=1S/C26H28FNO4S/c1-18-23(15-19-3-6-21(7-4-19)33(2)30)22-8-5-20(27)16-25(22)24(18)17-26(29)32-14-11-28-9-12-31-13-10-28/h3-8,15-16H,9-14,17H2,1-2H3/b23-15-. The van der Waals surface area contributed by atoms with E-state index in [1.54, 1.807) is 12.3 Å². The van der Waals surface area contributed by atoms with Crippen molar-refractivity contribution in [2.75, 3.05) is 45.7 Å². The van der Waals surface area contributed by atoms with Gasteiger partial charge in [-0.05, 0) is 70.7 Å². The number of benzene rings is 2. The van der Waals surface area contributed by atoms with Crippen molar-refractivity contribution in [2.24, 2.45) is 0 Å². The van der Waals surface area contributed by atoms with Crippen LogP contribution >= 0.6 is 0 Å². The molecule has 1 unspecified atom stereocenters. The summed E-state index contributed by atoms with van der Waals surface area (Å²) >= 11 is 0. The van der Waals surface area contributed by atoms with Crippen molar-refractivity contribution < 1.29 is 22.9 Å². The fourth-order valence-corrected chi connectivity index (χ4v) is 4.73. The van der Waals surface area contributed by atoms with Gasteiger partial charge in [0.1, 0.15) is 12.4 Å². The number of hydrogen-bond donors (Lipinski definition) is 0. The molecule has 1 aliphatic heterocycles. The highest BCUT2D eigenvalue weighted by atomic mass is 32.2. The molecule has 7 heteroatoms. The molecule has 0 bridgehead atoms. The van der Waals surface area contributed by atoms with E-state index in [9.17, 15) is 13.4 Å². The number of rotatable bonds is 7. The van der Waals surface area contributed by atoms with E-state index in [2.05, 4.69) is 4.90 Å². The van der Waals surface area contributed by atoms with Gasteiger partial charge in [0.25, 0.3) is 0 Å². The van der Waals surface area contributed by atoms with Crippen LogP contribution in [0.15, 0.2) is 52.9 Å². The maximum absolute atomic E-state index is 14.1. The van der Waals surface area contributed by atoms with Crippen LogP contribution in [0.25, 0.3) is 17.2 Å². The topological polar surface area (TPSA) is 55.8 Å². The highest BCUT2D eigenvalue weighted by molar-refractivity contribution is 7.84. The van der Waals surface area contributed by atoms with Crippen LogP contribution in [0.3, 0.4) is 0 Å². The van der Waals surface area contributed by atoms with Gasteiger partial charge in [0.05, 0.1) is 19.6 Å². The van der Waals surface area contributed by atoms with Crippen LogP contribution in [0.4, 0.5) is 4.39 Å². The Balaban J connectivity index is 1.52. The molecule has 1 heterocycles. The minimum Gasteiger partial charge on any atom is -0.464 e. The van der Waals surface area contributed by atoms with Gasteiger partial charge in [0, 0.05) is 41.6 Å². The zero-order chi connectivity index (χ0) is 23.4. The summed E-state index contributed by atoms with van der Waals surface area (Å²) in [7, 11) is -1.04. The van der Waals surface area contributed by atoms with Gasteiger partial charge in [-0.15, -0.1) is 0 Å². The normalized spacial score (nSPS) is 18.5. The smallest absolute Gasteiger partial charge is 0.310 e. The van der Waals surface area contributed by atoms with Gasteiger partial charge in [0.2, 0.25) is 0 Å². The van der Waals surface area contributed by atoms with Crippen molar-refractivity contribution >= 4 is 34.0 Å². The Hall–Kier alpha value is -2.61. The Labute approximate surface area is 196 Å². The maximum Gasteiger partial charge on any atom is 0.310 e. The minimum atomic E-state index is -1.04. The van der Waals surface area contributed by atoms with Crippen LogP contribution in [-0.2, 0) is 25.1 Å². The van der Waals surface area contributed by atoms with Gasteiger partial charge in [0.15, 0.2) is 0 Å². The summed E-state index contributed by atoms with van der Waals surface area (Å²) in [5.41, 5.74) is 5.25. The first-order valence-corrected chi connectivity index (χ1v) is 12.6. The number of nitrogens with zero attached hydrogens (tertiary/aromatic N) is 1. The molecule has 4 rings (SSSR count). The summed E-state index contributed by atoms with van der Waals surface area (Å²) in [6.07, 6.45) is 3.76. The number of fused-ring (bicyclic) bond motifs is 1. The van der Waals surface area contributed by atoms with E-state index in [1.165, 1.54) is 12.1 Å². The molecule has 1 fully saturated rings. The molecule has 33 heavy (non-hydrogen) atoms. The van der Waals surface area contributed by atoms with E-state index >= 15 is 0 Å². The Bertz CT molecular complexity index is 1120. The molecule has 1 atom stereocenters. The van der Waals surface area contributed by atoms with Crippen molar-refractivity contribution in [3.05, 3.63) is 70.5 Å². The monoisotopic (exact) mass is 469 g/mol. The lowest BCUT2D eigenvalue weighted by Gasteiger charge is -2.26. The number of carbonyl (C=O) groups excluding carboxylic acids is 1. The van der Waals surface area contributed by atoms with E-state index in [-0.39, 0.29) is 18.2 Å². The van der Waals surface area contributed by atoms with Gasteiger partial charge in [-0.25, -0.2) is 4.39 Å². The number of morpholine rings is 1. The largest absolute Gasteiger partial charge is 0.464 e. The highest BCUT2D eigenvalue weighted by Gasteiger charge is 2.26. The van der Waals surface area contributed by atoms with Crippen LogP contribution < -0.4 is 0 Å². The fraction of sp³-hybridized carbons (Fsp3) is 0.346. The molecular weight excluding hydrogens is 441 g/mol. The number of halogens is 1. The summed E-state index contributed by atoms with van der Waals surface area (Å²) < 4.78 is 36.6. The molecule has 0 amide bonds. The lowest BCUT2D eigenvalue weighted by molar-refractivity contribution is -0.143. The molecule has 0 aromatic heterocycles. The van der Waals surface area contributed by atoms with Crippen LogP contribution in [0, 0.1) is 5.82 Å². The second kappa shape index (κ2) is 10.5. The number of carbonyl (C=O) groups is 1. The highest BCUT2D eigenvalue weighted by Crippen LogP contribution is 2.44. The fourth-order valence-electron chi connectivity index (χ4n) is 4.21. The second-order valence-electron chi connectivity index (χ2n) is 8.23. The molecule has 174 valence electrons. The van der Waals surface area contributed by atoms with E-state index in [1.807, 2.05) is 37.3 Å². The van der Waals surface area contributed by atoms with E-state index in [0.29, 0.717) is 26.4 Å². The summed E-state index contributed by atoms with van der Waals surface area (Å²) in [4.78, 5) is 15.6. The van der Waals surface area contributed by atoms with Crippen molar-refractivity contribution in [1.82, 2.24) is 4.90 Å². The molecule has 1 aliphatic carbocycles. The van der Waals surface area contributed by atoms with Crippen LogP contribution in [-0.4, -0.2) is 60.8 Å². The molecule has 2 aromatic rings. The quantitative estimate of drug-likeness (QED) is 0.570. The third-order valence-corrected chi connectivity index (χ3v) is 7.01. The predicted octanol–water partition coefficient (Wildman–Crippen LogP) is 4.16. The molecule has 5 nitrogen and oxygen atoms in total. The van der Waals surface area contributed by atoms with Crippen LogP contribution in [0.1, 0.15) is 30.0 Å². The van der Waals surface area contributed by atoms with E-state index in [0.717, 1.165) is 51.4 Å². The lowest BCUT2D eigenvalue weighted by atomic mass is 10.0. The number of ether oxygens (including phenoxy) is 2. The third kappa shape index (κ3) is 5.66. The summed E-state index contributed by atoms with van der Waals surface area (Å²) in [6, 6.07) is 12.2. The average molecular weight is 470 g/mol. The van der Waals surface area contributed by atoms with Gasteiger partial charge >= 0.3 is 5.97 Å². The molecule has 1 saturated heterocycles. The molecule has 2 aromatic carbocycles. The van der Waals surface area contributed by atoms with Crippen molar-refractivity contribution in [1.29, 1.82) is 0 Å². The molecule has 0 spiro atoms. The third-order valence-electron chi connectivity index (χ3n) is 6.07. The van der Waals surface area contributed by atoms with Crippen LogP contribution in [0.5, 0.6) is 0 Å². The van der Waals surface area contributed by atoms with Gasteiger partial charge in [-0.1, -0.05) is 18.2 Å². The number of hydrogen-bond acceptors (Lipinski definition) is 5. The predicted molar refractivity (Wildman–Crippen MR) is 128 cm³/mol. The maximum atomic E-state index is 14.1. The Morgan fingerprint density at radius 1 is 1.15 bits per heavy atom. The first-order chi connectivity index (χ1) is 15.9. The summed E-state index contributed by atoms with van der Waals surface area (Å²) in [5, 5.41) is 0. The van der Waals surface area contributed by atoms with Gasteiger partial charge in [-0.3, -0.25) is 13.9 Å². The van der Waals surface area contributed by atoms with Gasteiger partial charge < -0.3 is 9.47 Å². The van der Waals surface area contributed by atoms with Gasteiger partial charge in [-0.2, -0.15) is 0 Å². The Morgan fingerprint density at radius 3 is 2.58 bits per heavy atom. The lowest BCUT2D eigenvalue weighted by Crippen LogP contribution is -2.38. The average Bonchev–Trinajstić information content (AvgIpc) is 3.05. The van der Waals surface area contributed by atoms with E-state index < -0.39 is 10.8 Å². The Kier molecular flexibility index (Phi) is 7.53. The second-order valence-corrected chi connectivity index (χ2v) is 9.61. The summed E-state index contributed by atoms with van der Waals surface area (Å²) in [6.45, 7) is 6.06. The summed E-state index contributed by atoms with van der Waals surface area (Å²) in [5.74, 6) is -0.653. The van der Waals surface area contributed by atoms with Crippen molar-refractivity contribution in [2.45, 2.75) is 18.2 Å². The molecule has 0 N–H and O–H groups in total. The first-order valence-electron chi connectivity index (χ1n) is 11.0. The number of esters is 1. The zero-order valence-electron chi connectivity index (χ0n) is 18.9. The Morgan fingerprint density at radius 2 is 1.88 bits per heavy atom. The molecular formula is C26H28FNO4S. The van der Waals surface area contributed by atoms with Crippen LogP contribution in [0.2, 0.25) is 0 Å². The molecule has 0 saturated carbocycles. The first kappa shape index (κ1) is 23.5. The minimum absolute atomic E-state index is 0.0937. The van der Waals surface area contributed by atoms with Crippen molar-refractivity contribution in [3.8, 4) is 0 Å².